The summed E-state index contributed by atoms with van der Waals surface area (Å²) < 4.78 is 23.1. The van der Waals surface area contributed by atoms with E-state index in [9.17, 15) is 29.7 Å². The molecule has 10 nitrogen and oxygen atoms in total. The monoisotopic (exact) mass is 368 g/mol. The lowest BCUT2D eigenvalue weighted by atomic mass is 10.3. The fourth-order valence-corrected chi connectivity index (χ4v) is 3.99. The summed E-state index contributed by atoms with van der Waals surface area (Å²) in [5.41, 5.74) is -0.844. The van der Waals surface area contributed by atoms with Crippen molar-refractivity contribution in [1.29, 1.82) is 0 Å². The van der Waals surface area contributed by atoms with Gasteiger partial charge in [0, 0.05) is 24.3 Å². The minimum Gasteiger partial charge on any atom is -0.496 e. The van der Waals surface area contributed by atoms with Crippen LogP contribution in [0.1, 0.15) is 0 Å². The van der Waals surface area contributed by atoms with E-state index >= 15 is 0 Å². The number of nitro benzene ring substituents is 2. The molecule has 0 saturated heterocycles. The normalized spacial score (nSPS) is 11.0. The van der Waals surface area contributed by atoms with Gasteiger partial charge in [0.1, 0.15) is 11.5 Å². The molecular formula is C14H13N2O8P. The number of methoxy groups -OCH3 is 2. The number of rotatable bonds is 6. The third-order valence-corrected chi connectivity index (χ3v) is 5.40. The second-order valence-corrected chi connectivity index (χ2v) is 6.92. The summed E-state index contributed by atoms with van der Waals surface area (Å²) >= 11 is 0. The van der Waals surface area contributed by atoms with E-state index in [4.69, 9.17) is 9.47 Å². The van der Waals surface area contributed by atoms with Crippen LogP contribution in [0.2, 0.25) is 0 Å². The minimum absolute atomic E-state index is 0.0648. The standard InChI is InChI=1S/C14H13N2O8P/c1-23-11-5-3-9(15(17)18)7-13(11)25(21,22)14-8-10(16(19)20)4-6-12(14)24-2/h3-8H,1-2H3,(H,21,22). The first-order valence-electron chi connectivity index (χ1n) is 6.71. The Balaban J connectivity index is 2.76. The molecule has 2 aromatic rings. The zero-order valence-electron chi connectivity index (χ0n) is 13.1. The predicted molar refractivity (Wildman–Crippen MR) is 88.4 cm³/mol. The quantitative estimate of drug-likeness (QED) is 0.461. The second-order valence-electron chi connectivity index (χ2n) is 4.80. The highest BCUT2D eigenvalue weighted by atomic mass is 31.2. The Morgan fingerprint density at radius 2 is 1.24 bits per heavy atom. The third kappa shape index (κ3) is 3.44. The van der Waals surface area contributed by atoms with Crippen LogP contribution < -0.4 is 20.1 Å². The Morgan fingerprint density at radius 3 is 1.52 bits per heavy atom. The van der Waals surface area contributed by atoms with Crippen LogP contribution in [-0.2, 0) is 4.57 Å². The summed E-state index contributed by atoms with van der Waals surface area (Å²) in [5, 5.41) is 21.2. The predicted octanol–water partition coefficient (Wildman–Crippen LogP) is 1.74. The van der Waals surface area contributed by atoms with E-state index in [1.165, 1.54) is 26.4 Å². The van der Waals surface area contributed by atoms with Gasteiger partial charge in [-0.25, -0.2) is 0 Å². The minimum atomic E-state index is -4.50. The first-order valence-corrected chi connectivity index (χ1v) is 8.37. The van der Waals surface area contributed by atoms with Gasteiger partial charge in [0.05, 0.1) is 34.7 Å². The number of ether oxygens (including phenoxy) is 2. The maximum absolute atomic E-state index is 13.1. The molecule has 0 aliphatic rings. The summed E-state index contributed by atoms with van der Waals surface area (Å²) in [4.78, 5) is 31.1. The summed E-state index contributed by atoms with van der Waals surface area (Å²) in [6.07, 6.45) is 0. The number of nitrogens with zero attached hydrogens (tertiary/aromatic N) is 2. The zero-order valence-corrected chi connectivity index (χ0v) is 14.0. The molecular weight excluding hydrogens is 355 g/mol. The molecule has 0 amide bonds. The molecule has 0 aliphatic carbocycles. The van der Waals surface area contributed by atoms with Gasteiger partial charge in [-0.3, -0.25) is 24.8 Å². The smallest absolute Gasteiger partial charge is 0.270 e. The molecule has 0 spiro atoms. The van der Waals surface area contributed by atoms with E-state index in [-0.39, 0.29) is 22.1 Å². The van der Waals surface area contributed by atoms with Gasteiger partial charge in [-0.05, 0) is 12.1 Å². The number of hydrogen-bond donors (Lipinski definition) is 1. The van der Waals surface area contributed by atoms with Crippen LogP contribution in [0.15, 0.2) is 36.4 Å². The average Bonchev–Trinajstić information content (AvgIpc) is 2.60. The molecule has 0 heterocycles. The van der Waals surface area contributed by atoms with Gasteiger partial charge in [-0.15, -0.1) is 0 Å². The Kier molecular flexibility index (Phi) is 5.05. The Hall–Kier alpha value is -2.97. The molecule has 0 aromatic heterocycles. The first-order chi connectivity index (χ1) is 11.7. The van der Waals surface area contributed by atoms with E-state index < -0.39 is 28.6 Å². The average molecular weight is 368 g/mol. The van der Waals surface area contributed by atoms with Crippen LogP contribution in [0.5, 0.6) is 11.5 Å². The van der Waals surface area contributed by atoms with Crippen molar-refractivity contribution in [1.82, 2.24) is 0 Å². The largest absolute Gasteiger partial charge is 0.496 e. The van der Waals surface area contributed by atoms with Crippen molar-refractivity contribution in [3.63, 3.8) is 0 Å². The molecule has 0 aliphatic heterocycles. The van der Waals surface area contributed by atoms with Crippen molar-refractivity contribution < 1.29 is 28.8 Å². The van der Waals surface area contributed by atoms with Gasteiger partial charge in [0.25, 0.3) is 18.7 Å². The molecule has 0 atom stereocenters. The van der Waals surface area contributed by atoms with Crippen molar-refractivity contribution in [2.45, 2.75) is 0 Å². The molecule has 0 saturated carbocycles. The van der Waals surface area contributed by atoms with Crippen LogP contribution in [-0.4, -0.2) is 29.0 Å². The van der Waals surface area contributed by atoms with E-state index in [0.29, 0.717) is 0 Å². The van der Waals surface area contributed by atoms with Crippen molar-refractivity contribution >= 4 is 29.4 Å². The molecule has 25 heavy (non-hydrogen) atoms. The van der Waals surface area contributed by atoms with E-state index in [1.807, 2.05) is 0 Å². The SMILES string of the molecule is COc1ccc([N+](=O)[O-])cc1P(=O)(O)c1cc([N+](=O)[O-])ccc1OC. The van der Waals surface area contributed by atoms with Crippen LogP contribution >= 0.6 is 7.37 Å². The fraction of sp³-hybridized carbons (Fsp3) is 0.143. The maximum Gasteiger partial charge on any atom is 0.270 e. The Labute approximate surface area is 141 Å². The lowest BCUT2D eigenvalue weighted by molar-refractivity contribution is -0.384. The van der Waals surface area contributed by atoms with E-state index in [1.54, 1.807) is 0 Å². The number of nitro groups is 2. The molecule has 0 unspecified atom stereocenters. The van der Waals surface area contributed by atoms with Gasteiger partial charge >= 0.3 is 0 Å². The summed E-state index contributed by atoms with van der Waals surface area (Å²) in [6, 6.07) is 6.40. The van der Waals surface area contributed by atoms with Gasteiger partial charge in [0.2, 0.25) is 0 Å². The zero-order chi connectivity index (χ0) is 18.8. The lowest BCUT2D eigenvalue weighted by Crippen LogP contribution is -2.20. The summed E-state index contributed by atoms with van der Waals surface area (Å²) in [7, 11) is -2.03. The van der Waals surface area contributed by atoms with E-state index in [2.05, 4.69) is 0 Å². The molecule has 0 bridgehead atoms. The van der Waals surface area contributed by atoms with Crippen molar-refractivity contribution in [2.75, 3.05) is 14.2 Å². The van der Waals surface area contributed by atoms with Gasteiger partial charge in [0.15, 0.2) is 0 Å². The van der Waals surface area contributed by atoms with Crippen LogP contribution in [0.4, 0.5) is 11.4 Å². The molecule has 132 valence electrons. The third-order valence-electron chi connectivity index (χ3n) is 3.40. The molecule has 0 fully saturated rings. The van der Waals surface area contributed by atoms with Crippen LogP contribution in [0, 0.1) is 20.2 Å². The summed E-state index contributed by atoms with van der Waals surface area (Å²) in [5.74, 6) is -0.130. The molecule has 1 N–H and O–H groups in total. The van der Waals surface area contributed by atoms with Gasteiger partial charge in [-0.2, -0.15) is 0 Å². The van der Waals surface area contributed by atoms with Crippen molar-refractivity contribution in [3.05, 3.63) is 56.6 Å². The highest BCUT2D eigenvalue weighted by Gasteiger charge is 2.34. The number of benzene rings is 2. The highest BCUT2D eigenvalue weighted by molar-refractivity contribution is 7.73. The molecule has 2 rings (SSSR count). The van der Waals surface area contributed by atoms with Crippen molar-refractivity contribution in [3.8, 4) is 11.5 Å². The van der Waals surface area contributed by atoms with Crippen molar-refractivity contribution in [2.24, 2.45) is 0 Å². The number of hydrogen-bond acceptors (Lipinski definition) is 7. The fourth-order valence-electron chi connectivity index (χ4n) is 2.19. The second kappa shape index (κ2) is 6.88. The van der Waals surface area contributed by atoms with Gasteiger partial charge in [-0.1, -0.05) is 0 Å². The van der Waals surface area contributed by atoms with Crippen LogP contribution in [0.25, 0.3) is 0 Å². The molecule has 0 radical (unpaired) electrons. The summed E-state index contributed by atoms with van der Waals surface area (Å²) in [6.45, 7) is 0. The molecule has 11 heteroatoms. The maximum atomic E-state index is 13.1. The topological polar surface area (TPSA) is 142 Å². The first kappa shape index (κ1) is 18.4. The van der Waals surface area contributed by atoms with Gasteiger partial charge < -0.3 is 14.4 Å². The van der Waals surface area contributed by atoms with Crippen LogP contribution in [0.3, 0.4) is 0 Å². The Morgan fingerprint density at radius 1 is 0.880 bits per heavy atom. The van der Waals surface area contributed by atoms with E-state index in [0.717, 1.165) is 24.3 Å². The number of non-ortho nitro benzene ring substituents is 2. The Bertz CT molecular complexity index is 829. The highest BCUT2D eigenvalue weighted by Crippen LogP contribution is 2.45. The molecule has 2 aromatic carbocycles. The lowest BCUT2D eigenvalue weighted by Gasteiger charge is -2.17.